The summed E-state index contributed by atoms with van der Waals surface area (Å²) in [5.74, 6) is 0.960. The summed E-state index contributed by atoms with van der Waals surface area (Å²) in [6, 6.07) is 0. The zero-order valence-electron chi connectivity index (χ0n) is 9.39. The quantitative estimate of drug-likeness (QED) is 0.704. The van der Waals surface area contributed by atoms with Crippen LogP contribution in [0.3, 0.4) is 0 Å². The van der Waals surface area contributed by atoms with E-state index in [1.54, 1.807) is 0 Å². The number of aliphatic imine (C=N–C) groups is 1. The van der Waals surface area contributed by atoms with Crippen LogP contribution < -0.4 is 5.32 Å². The van der Waals surface area contributed by atoms with Crippen molar-refractivity contribution in [1.82, 2.24) is 10.2 Å². The average Bonchev–Trinajstić information content (AvgIpc) is 2.32. The summed E-state index contributed by atoms with van der Waals surface area (Å²) in [5, 5.41) is 11.4. The maximum atomic E-state index is 11.7. The summed E-state index contributed by atoms with van der Waals surface area (Å²) in [6.07, 6.45) is -0.154. The lowest BCUT2D eigenvalue weighted by molar-refractivity contribution is -0.140. The largest absolute Gasteiger partial charge is 0.481 e. The molecular weight excluding hydrogens is 242 g/mol. The molecule has 0 bridgehead atoms. The number of guanidine groups is 1. The number of carboxylic acids is 1. The van der Waals surface area contributed by atoms with Gasteiger partial charge >= 0.3 is 5.97 Å². The molecule has 1 unspecified atom stereocenters. The number of carbonyl (C=O) groups excluding carboxylic acids is 1. The Morgan fingerprint density at radius 2 is 2.24 bits per heavy atom. The summed E-state index contributed by atoms with van der Waals surface area (Å²) >= 11 is 1.89. The molecule has 94 valence electrons. The van der Waals surface area contributed by atoms with E-state index in [9.17, 15) is 9.59 Å². The molecule has 2 aliphatic rings. The number of hydrogen-bond acceptors (Lipinski definition) is 5. The molecule has 1 fully saturated rings. The molecule has 2 rings (SSSR count). The molecule has 2 heterocycles. The highest BCUT2D eigenvalue weighted by atomic mass is 32.2. The summed E-state index contributed by atoms with van der Waals surface area (Å²) < 4.78 is 0. The second kappa shape index (κ2) is 5.39. The first-order chi connectivity index (χ1) is 8.16. The SMILES string of the molecule is O=C(O)CC1CN=C(N2CCSCC2)NC1=O. The Morgan fingerprint density at radius 1 is 1.53 bits per heavy atom. The van der Waals surface area contributed by atoms with Gasteiger partial charge in [-0.15, -0.1) is 0 Å². The maximum absolute atomic E-state index is 11.7. The highest BCUT2D eigenvalue weighted by Crippen LogP contribution is 2.13. The van der Waals surface area contributed by atoms with E-state index in [1.807, 2.05) is 16.7 Å². The minimum absolute atomic E-state index is 0.154. The van der Waals surface area contributed by atoms with Crippen molar-refractivity contribution in [3.8, 4) is 0 Å². The molecule has 2 aliphatic heterocycles. The zero-order valence-corrected chi connectivity index (χ0v) is 10.2. The van der Waals surface area contributed by atoms with Gasteiger partial charge in [0.25, 0.3) is 0 Å². The molecule has 0 aliphatic carbocycles. The smallest absolute Gasteiger partial charge is 0.304 e. The minimum Gasteiger partial charge on any atom is -0.481 e. The predicted octanol–water partition coefficient (Wildman–Crippen LogP) is -0.388. The number of amides is 1. The molecule has 0 saturated carbocycles. The summed E-state index contributed by atoms with van der Waals surface area (Å²) in [7, 11) is 0. The van der Waals surface area contributed by atoms with Gasteiger partial charge in [0, 0.05) is 24.6 Å². The van der Waals surface area contributed by atoms with Crippen molar-refractivity contribution in [2.75, 3.05) is 31.1 Å². The number of rotatable bonds is 2. The Kier molecular flexibility index (Phi) is 3.88. The Balaban J connectivity index is 1.96. The molecule has 0 aromatic heterocycles. The number of aliphatic carboxylic acids is 1. The van der Waals surface area contributed by atoms with Crippen molar-refractivity contribution in [2.45, 2.75) is 6.42 Å². The molecule has 0 aromatic rings. The Morgan fingerprint density at radius 3 is 2.82 bits per heavy atom. The number of thioether (sulfide) groups is 1. The summed E-state index contributed by atoms with van der Waals surface area (Å²) in [5.41, 5.74) is 0. The lowest BCUT2D eigenvalue weighted by atomic mass is 10.0. The van der Waals surface area contributed by atoms with Crippen molar-refractivity contribution in [3.63, 3.8) is 0 Å². The van der Waals surface area contributed by atoms with Gasteiger partial charge in [-0.3, -0.25) is 19.9 Å². The van der Waals surface area contributed by atoms with Gasteiger partial charge in [-0.1, -0.05) is 0 Å². The first-order valence-electron chi connectivity index (χ1n) is 5.56. The van der Waals surface area contributed by atoms with E-state index in [4.69, 9.17) is 5.11 Å². The normalized spacial score (nSPS) is 25.2. The zero-order chi connectivity index (χ0) is 12.3. The van der Waals surface area contributed by atoms with Gasteiger partial charge in [-0.05, 0) is 0 Å². The fraction of sp³-hybridized carbons (Fsp3) is 0.700. The molecule has 0 spiro atoms. The van der Waals surface area contributed by atoms with E-state index in [0.29, 0.717) is 5.96 Å². The van der Waals surface area contributed by atoms with Gasteiger partial charge in [-0.25, -0.2) is 0 Å². The second-order valence-electron chi connectivity index (χ2n) is 4.05. The third kappa shape index (κ3) is 3.12. The molecule has 1 atom stereocenters. The fourth-order valence-corrected chi connectivity index (χ4v) is 2.76. The fourth-order valence-electron chi connectivity index (χ4n) is 1.85. The van der Waals surface area contributed by atoms with Crippen molar-refractivity contribution in [2.24, 2.45) is 10.9 Å². The van der Waals surface area contributed by atoms with Crippen LogP contribution in [0, 0.1) is 5.92 Å². The molecular formula is C10H15N3O3S. The molecule has 1 saturated heterocycles. The first-order valence-corrected chi connectivity index (χ1v) is 6.72. The van der Waals surface area contributed by atoms with Gasteiger partial charge in [0.15, 0.2) is 0 Å². The Labute approximate surface area is 103 Å². The van der Waals surface area contributed by atoms with Crippen molar-refractivity contribution >= 4 is 29.6 Å². The Bertz CT molecular complexity index is 353. The number of carbonyl (C=O) groups is 2. The van der Waals surface area contributed by atoms with Crippen LogP contribution in [0.4, 0.5) is 0 Å². The molecule has 0 aromatic carbocycles. The lowest BCUT2D eigenvalue weighted by Gasteiger charge is -2.32. The summed E-state index contributed by atoms with van der Waals surface area (Å²) in [6.45, 7) is 2.04. The van der Waals surface area contributed by atoms with Gasteiger partial charge < -0.3 is 10.0 Å². The third-order valence-electron chi connectivity index (χ3n) is 2.80. The van der Waals surface area contributed by atoms with Crippen LogP contribution in [0.1, 0.15) is 6.42 Å². The van der Waals surface area contributed by atoms with E-state index in [2.05, 4.69) is 10.3 Å². The topological polar surface area (TPSA) is 82.0 Å². The van der Waals surface area contributed by atoms with E-state index in [-0.39, 0.29) is 18.9 Å². The summed E-state index contributed by atoms with van der Waals surface area (Å²) in [4.78, 5) is 28.6. The minimum atomic E-state index is -0.960. The van der Waals surface area contributed by atoms with E-state index < -0.39 is 11.9 Å². The van der Waals surface area contributed by atoms with Gasteiger partial charge in [0.05, 0.1) is 18.9 Å². The number of hydrogen-bond donors (Lipinski definition) is 2. The third-order valence-corrected chi connectivity index (χ3v) is 3.74. The van der Waals surface area contributed by atoms with Gasteiger partial charge in [0.1, 0.15) is 0 Å². The number of nitrogens with one attached hydrogen (secondary N) is 1. The van der Waals surface area contributed by atoms with Gasteiger partial charge in [0.2, 0.25) is 11.9 Å². The molecule has 1 amide bonds. The van der Waals surface area contributed by atoms with Crippen molar-refractivity contribution < 1.29 is 14.7 Å². The lowest BCUT2D eigenvalue weighted by Crippen LogP contribution is -2.52. The van der Waals surface area contributed by atoms with Crippen LogP contribution >= 0.6 is 11.8 Å². The predicted molar refractivity (Wildman–Crippen MR) is 65.1 cm³/mol. The molecule has 6 nitrogen and oxygen atoms in total. The van der Waals surface area contributed by atoms with Crippen molar-refractivity contribution in [3.05, 3.63) is 0 Å². The number of carboxylic acid groups (broad SMARTS) is 1. The van der Waals surface area contributed by atoms with Crippen LogP contribution in [0.15, 0.2) is 4.99 Å². The van der Waals surface area contributed by atoms with Crippen molar-refractivity contribution in [1.29, 1.82) is 0 Å². The average molecular weight is 257 g/mol. The van der Waals surface area contributed by atoms with Gasteiger partial charge in [-0.2, -0.15) is 11.8 Å². The van der Waals surface area contributed by atoms with Crippen LogP contribution in [0.5, 0.6) is 0 Å². The van der Waals surface area contributed by atoms with Crippen LogP contribution in [0.2, 0.25) is 0 Å². The van der Waals surface area contributed by atoms with E-state index in [0.717, 1.165) is 24.6 Å². The Hall–Kier alpha value is -1.24. The van der Waals surface area contributed by atoms with E-state index >= 15 is 0 Å². The first kappa shape index (κ1) is 12.2. The molecule has 17 heavy (non-hydrogen) atoms. The number of nitrogens with zero attached hydrogens (tertiary/aromatic N) is 2. The highest BCUT2D eigenvalue weighted by Gasteiger charge is 2.28. The maximum Gasteiger partial charge on any atom is 0.304 e. The van der Waals surface area contributed by atoms with Crippen LogP contribution in [-0.4, -0.2) is 59.0 Å². The standard InChI is InChI=1S/C10H15N3O3S/c14-8(15)5-7-6-11-10(12-9(7)16)13-1-3-17-4-2-13/h7H,1-6H2,(H,14,15)(H,11,12,16). The molecule has 0 radical (unpaired) electrons. The molecule has 2 N–H and O–H groups in total. The second-order valence-corrected chi connectivity index (χ2v) is 5.27. The van der Waals surface area contributed by atoms with E-state index in [1.165, 1.54) is 0 Å². The monoisotopic (exact) mass is 257 g/mol. The molecule has 7 heteroatoms. The highest BCUT2D eigenvalue weighted by molar-refractivity contribution is 7.99. The van der Waals surface area contributed by atoms with Crippen LogP contribution in [0.25, 0.3) is 0 Å². The van der Waals surface area contributed by atoms with Crippen LogP contribution in [-0.2, 0) is 9.59 Å².